The number of hydrogen-bond donors (Lipinski definition) is 1. The fraction of sp³-hybridized carbons (Fsp3) is 0.294. The molecule has 2 nitrogen and oxygen atoms in total. The third kappa shape index (κ3) is 3.22. The summed E-state index contributed by atoms with van der Waals surface area (Å²) >= 11 is 0. The molecular formula is C17H17F2NO. The molecule has 4 heteroatoms. The van der Waals surface area contributed by atoms with Crippen LogP contribution in [0.4, 0.5) is 8.78 Å². The van der Waals surface area contributed by atoms with Crippen LogP contribution in [-0.4, -0.2) is 13.2 Å². The lowest BCUT2D eigenvalue weighted by Crippen LogP contribution is -2.19. The Bertz CT molecular complexity index is 623. The third-order valence-corrected chi connectivity index (χ3v) is 3.60. The van der Waals surface area contributed by atoms with Gasteiger partial charge >= 0.3 is 0 Å². The van der Waals surface area contributed by atoms with Crippen molar-refractivity contribution in [1.82, 2.24) is 5.32 Å². The molecular weight excluding hydrogens is 272 g/mol. The standard InChI is InChI=1S/C17H17F2NO/c1-20-17(15-10-12(18)4-9-16(15)19)11-2-5-13(6-3-11)21-14-7-8-14/h2-6,9-10,14,17,20H,7-8H2,1H3. The van der Waals surface area contributed by atoms with Crippen molar-refractivity contribution in [1.29, 1.82) is 0 Å². The lowest BCUT2D eigenvalue weighted by atomic mass is 9.98. The van der Waals surface area contributed by atoms with Crippen LogP contribution in [0.5, 0.6) is 5.75 Å². The minimum atomic E-state index is -0.444. The Morgan fingerprint density at radius 2 is 1.81 bits per heavy atom. The van der Waals surface area contributed by atoms with Crippen molar-refractivity contribution < 1.29 is 13.5 Å². The van der Waals surface area contributed by atoms with E-state index in [-0.39, 0.29) is 0 Å². The number of hydrogen-bond acceptors (Lipinski definition) is 2. The van der Waals surface area contributed by atoms with Crippen molar-refractivity contribution in [2.75, 3.05) is 7.05 Å². The molecule has 1 aliphatic carbocycles. The predicted octanol–water partition coefficient (Wildman–Crippen LogP) is 3.81. The lowest BCUT2D eigenvalue weighted by Gasteiger charge is -2.18. The number of halogens is 2. The second-order valence-electron chi connectivity index (χ2n) is 5.27. The average Bonchev–Trinajstić information content (AvgIpc) is 3.29. The first kappa shape index (κ1) is 14.0. The van der Waals surface area contributed by atoms with Gasteiger partial charge in [-0.25, -0.2) is 8.78 Å². The van der Waals surface area contributed by atoms with Gasteiger partial charge in [-0.1, -0.05) is 12.1 Å². The van der Waals surface area contributed by atoms with Gasteiger partial charge in [-0.15, -0.1) is 0 Å². The Hall–Kier alpha value is -1.94. The summed E-state index contributed by atoms with van der Waals surface area (Å²) in [6.07, 6.45) is 2.56. The first-order valence-corrected chi connectivity index (χ1v) is 7.06. The van der Waals surface area contributed by atoms with Crippen LogP contribution in [0.2, 0.25) is 0 Å². The van der Waals surface area contributed by atoms with Gasteiger partial charge in [0.1, 0.15) is 17.4 Å². The first-order valence-electron chi connectivity index (χ1n) is 7.06. The largest absolute Gasteiger partial charge is 0.490 e. The maximum Gasteiger partial charge on any atom is 0.128 e. The molecule has 0 saturated heterocycles. The number of rotatable bonds is 5. The summed E-state index contributed by atoms with van der Waals surface area (Å²) in [5.41, 5.74) is 1.17. The van der Waals surface area contributed by atoms with E-state index in [1.165, 1.54) is 6.07 Å². The van der Waals surface area contributed by atoms with Crippen molar-refractivity contribution in [2.45, 2.75) is 25.0 Å². The van der Waals surface area contributed by atoms with E-state index in [1.54, 1.807) is 7.05 Å². The van der Waals surface area contributed by atoms with Crippen molar-refractivity contribution in [3.8, 4) is 5.75 Å². The van der Waals surface area contributed by atoms with E-state index in [2.05, 4.69) is 5.32 Å². The van der Waals surface area contributed by atoms with Crippen molar-refractivity contribution in [3.63, 3.8) is 0 Å². The van der Waals surface area contributed by atoms with Gasteiger partial charge in [0.05, 0.1) is 12.1 Å². The SMILES string of the molecule is CNC(c1ccc(OC2CC2)cc1)c1cc(F)ccc1F. The van der Waals surface area contributed by atoms with Gasteiger partial charge in [-0.3, -0.25) is 0 Å². The minimum absolute atomic E-state index is 0.299. The molecule has 21 heavy (non-hydrogen) atoms. The average molecular weight is 289 g/mol. The molecule has 1 aliphatic rings. The summed E-state index contributed by atoms with van der Waals surface area (Å²) in [6.45, 7) is 0. The highest BCUT2D eigenvalue weighted by molar-refractivity contribution is 5.36. The van der Waals surface area contributed by atoms with Crippen molar-refractivity contribution in [2.24, 2.45) is 0 Å². The van der Waals surface area contributed by atoms with Crippen LogP contribution in [0, 0.1) is 11.6 Å². The monoisotopic (exact) mass is 289 g/mol. The highest BCUT2D eigenvalue weighted by atomic mass is 19.1. The highest BCUT2D eigenvalue weighted by Gasteiger charge is 2.23. The summed E-state index contributed by atoms with van der Waals surface area (Å²) < 4.78 is 33.0. The fourth-order valence-corrected chi connectivity index (χ4v) is 2.35. The summed E-state index contributed by atoms with van der Waals surface area (Å²) in [7, 11) is 1.73. The molecule has 0 heterocycles. The van der Waals surface area contributed by atoms with Gasteiger partial charge in [0, 0.05) is 5.56 Å². The Balaban J connectivity index is 1.86. The molecule has 1 N–H and O–H groups in total. The van der Waals surface area contributed by atoms with Crippen LogP contribution in [0.1, 0.15) is 30.0 Å². The molecule has 0 aliphatic heterocycles. The molecule has 0 aromatic heterocycles. The maximum absolute atomic E-state index is 13.9. The van der Waals surface area contributed by atoms with E-state index in [0.717, 1.165) is 36.3 Å². The lowest BCUT2D eigenvalue weighted by molar-refractivity contribution is 0.303. The zero-order valence-electron chi connectivity index (χ0n) is 11.8. The predicted molar refractivity (Wildman–Crippen MR) is 77.4 cm³/mol. The van der Waals surface area contributed by atoms with Crippen LogP contribution < -0.4 is 10.1 Å². The maximum atomic E-state index is 13.9. The smallest absolute Gasteiger partial charge is 0.128 e. The number of benzene rings is 2. The molecule has 2 aromatic carbocycles. The molecule has 0 radical (unpaired) electrons. The molecule has 1 atom stereocenters. The molecule has 110 valence electrons. The minimum Gasteiger partial charge on any atom is -0.490 e. The van der Waals surface area contributed by atoms with Crippen LogP contribution in [0.15, 0.2) is 42.5 Å². The van der Waals surface area contributed by atoms with Crippen LogP contribution in [0.25, 0.3) is 0 Å². The summed E-state index contributed by atoms with van der Waals surface area (Å²) in [4.78, 5) is 0. The Morgan fingerprint density at radius 3 is 2.43 bits per heavy atom. The van der Waals surface area contributed by atoms with Crippen molar-refractivity contribution >= 4 is 0 Å². The quantitative estimate of drug-likeness (QED) is 0.903. The third-order valence-electron chi connectivity index (χ3n) is 3.60. The molecule has 0 bridgehead atoms. The number of ether oxygens (including phenoxy) is 1. The van der Waals surface area contributed by atoms with Crippen LogP contribution in [-0.2, 0) is 0 Å². The summed E-state index contributed by atoms with van der Waals surface area (Å²) in [5.74, 6) is -0.0507. The zero-order valence-corrected chi connectivity index (χ0v) is 11.8. The van der Waals surface area contributed by atoms with Crippen molar-refractivity contribution in [3.05, 3.63) is 65.2 Å². The van der Waals surface area contributed by atoms with Gasteiger partial charge in [-0.2, -0.15) is 0 Å². The Morgan fingerprint density at radius 1 is 1.10 bits per heavy atom. The molecule has 2 aromatic rings. The molecule has 1 unspecified atom stereocenters. The van der Waals surface area contributed by atoms with E-state index >= 15 is 0 Å². The van der Waals surface area contributed by atoms with Gasteiger partial charge in [0.15, 0.2) is 0 Å². The first-order chi connectivity index (χ1) is 10.2. The zero-order chi connectivity index (χ0) is 14.8. The van der Waals surface area contributed by atoms with Gasteiger partial charge < -0.3 is 10.1 Å². The van der Waals surface area contributed by atoms with Gasteiger partial charge in [0.2, 0.25) is 0 Å². The Kier molecular flexibility index (Phi) is 3.88. The normalized spacial score (nSPS) is 15.8. The fourth-order valence-electron chi connectivity index (χ4n) is 2.35. The van der Waals surface area contributed by atoms with Crippen LogP contribution in [0.3, 0.4) is 0 Å². The van der Waals surface area contributed by atoms with E-state index in [0.29, 0.717) is 11.7 Å². The summed E-state index contributed by atoms with van der Waals surface area (Å²) in [5, 5.41) is 3.03. The topological polar surface area (TPSA) is 21.3 Å². The van der Waals surface area contributed by atoms with Crippen LogP contribution >= 0.6 is 0 Å². The second-order valence-corrected chi connectivity index (χ2v) is 5.27. The van der Waals surface area contributed by atoms with E-state index in [1.807, 2.05) is 24.3 Å². The molecule has 0 spiro atoms. The van der Waals surface area contributed by atoms with E-state index in [9.17, 15) is 8.78 Å². The molecule has 1 fully saturated rings. The molecule has 1 saturated carbocycles. The highest BCUT2D eigenvalue weighted by Crippen LogP contribution is 2.29. The molecule has 3 rings (SSSR count). The van der Waals surface area contributed by atoms with Gasteiger partial charge in [-0.05, 0) is 55.8 Å². The van der Waals surface area contributed by atoms with E-state index < -0.39 is 17.7 Å². The Labute approximate surface area is 122 Å². The summed E-state index contributed by atoms with van der Waals surface area (Å²) in [6, 6.07) is 10.6. The van der Waals surface area contributed by atoms with Gasteiger partial charge in [0.25, 0.3) is 0 Å². The second kappa shape index (κ2) is 5.82. The molecule has 0 amide bonds. The number of nitrogens with one attached hydrogen (secondary N) is 1. The van der Waals surface area contributed by atoms with E-state index in [4.69, 9.17) is 4.74 Å².